The monoisotopic (exact) mass is 271 g/mol. The van der Waals surface area contributed by atoms with Gasteiger partial charge in [0.25, 0.3) is 0 Å². The van der Waals surface area contributed by atoms with E-state index in [2.05, 4.69) is 19.2 Å². The van der Waals surface area contributed by atoms with Crippen molar-refractivity contribution in [1.82, 2.24) is 0 Å². The molecule has 0 heterocycles. The molecule has 0 radical (unpaired) electrons. The van der Waals surface area contributed by atoms with Crippen LogP contribution in [-0.2, 0) is 0 Å². The van der Waals surface area contributed by atoms with Gasteiger partial charge < -0.3 is 5.32 Å². The minimum absolute atomic E-state index is 0.443. The Morgan fingerprint density at radius 1 is 1.24 bits per heavy atom. The smallest absolute Gasteiger partial charge is 0.0641 e. The average Bonchev–Trinajstić information content (AvgIpc) is 2.54. The number of halogens is 2. The Morgan fingerprint density at radius 3 is 2.53 bits per heavy atom. The van der Waals surface area contributed by atoms with Crippen LogP contribution in [0, 0.1) is 12.3 Å². The predicted octanol–water partition coefficient (Wildman–Crippen LogP) is 5.29. The molecule has 2 rings (SSSR count). The van der Waals surface area contributed by atoms with Crippen molar-refractivity contribution < 1.29 is 0 Å². The van der Waals surface area contributed by atoms with Gasteiger partial charge >= 0.3 is 0 Å². The van der Waals surface area contributed by atoms with Crippen molar-refractivity contribution in [2.24, 2.45) is 5.41 Å². The number of benzene rings is 1. The van der Waals surface area contributed by atoms with Gasteiger partial charge in [0.05, 0.1) is 10.7 Å². The van der Waals surface area contributed by atoms with Gasteiger partial charge in [0.15, 0.2) is 0 Å². The number of anilines is 1. The molecule has 1 nitrogen and oxygen atoms in total. The van der Waals surface area contributed by atoms with E-state index in [-0.39, 0.29) is 0 Å². The van der Waals surface area contributed by atoms with Gasteiger partial charge in [-0.3, -0.25) is 0 Å². The standard InChI is InChI=1S/C14H19Cl2N/c1-9-6-12(16)13(7-11(9)15)17-10-4-5-14(2,3)8-10/h6-7,10,17H,4-5,8H2,1-3H3. The normalized spacial score (nSPS) is 22.8. The number of nitrogens with one attached hydrogen (secondary N) is 1. The van der Waals surface area contributed by atoms with Crippen molar-refractivity contribution in [2.75, 3.05) is 5.32 Å². The Labute approximate surface area is 114 Å². The van der Waals surface area contributed by atoms with Crippen LogP contribution in [0.2, 0.25) is 10.0 Å². The van der Waals surface area contributed by atoms with Gasteiger partial charge in [0.2, 0.25) is 0 Å². The summed E-state index contributed by atoms with van der Waals surface area (Å²) in [6.45, 7) is 6.60. The summed E-state index contributed by atoms with van der Waals surface area (Å²) in [6, 6.07) is 4.37. The molecule has 3 heteroatoms. The second kappa shape index (κ2) is 4.70. The number of rotatable bonds is 2. The van der Waals surface area contributed by atoms with Crippen LogP contribution >= 0.6 is 23.2 Å². The van der Waals surface area contributed by atoms with Crippen LogP contribution in [0.4, 0.5) is 5.69 Å². The van der Waals surface area contributed by atoms with Crippen molar-refractivity contribution in [3.05, 3.63) is 27.7 Å². The lowest BCUT2D eigenvalue weighted by Crippen LogP contribution is -2.17. The van der Waals surface area contributed by atoms with Crippen LogP contribution < -0.4 is 5.32 Å². The largest absolute Gasteiger partial charge is 0.381 e. The summed E-state index contributed by atoms with van der Waals surface area (Å²) in [7, 11) is 0. The second-order valence-electron chi connectivity index (χ2n) is 5.83. The van der Waals surface area contributed by atoms with Crippen molar-refractivity contribution in [3.63, 3.8) is 0 Å². The second-order valence-corrected chi connectivity index (χ2v) is 6.64. The van der Waals surface area contributed by atoms with Crippen LogP contribution in [0.3, 0.4) is 0 Å². The highest BCUT2D eigenvalue weighted by Crippen LogP contribution is 2.39. The van der Waals surface area contributed by atoms with Crippen molar-refractivity contribution >= 4 is 28.9 Å². The fraction of sp³-hybridized carbons (Fsp3) is 0.571. The molecular formula is C14H19Cl2N. The molecule has 1 atom stereocenters. The molecule has 94 valence electrons. The number of aryl methyl sites for hydroxylation is 1. The quantitative estimate of drug-likeness (QED) is 0.771. The first-order valence-electron chi connectivity index (χ1n) is 6.09. The Hall–Kier alpha value is -0.400. The van der Waals surface area contributed by atoms with Crippen molar-refractivity contribution in [3.8, 4) is 0 Å². The first kappa shape index (κ1) is 13.0. The van der Waals surface area contributed by atoms with Crippen LogP contribution in [0.15, 0.2) is 12.1 Å². The predicted molar refractivity (Wildman–Crippen MR) is 76.2 cm³/mol. The summed E-state index contributed by atoms with van der Waals surface area (Å²) >= 11 is 12.4. The Morgan fingerprint density at radius 2 is 1.94 bits per heavy atom. The van der Waals surface area contributed by atoms with E-state index in [0.29, 0.717) is 11.5 Å². The number of hydrogen-bond donors (Lipinski definition) is 1. The van der Waals surface area contributed by atoms with Crippen molar-refractivity contribution in [2.45, 2.75) is 46.1 Å². The van der Waals surface area contributed by atoms with Gasteiger partial charge in [-0.05, 0) is 49.3 Å². The average molecular weight is 272 g/mol. The molecule has 1 aliphatic carbocycles. The molecule has 0 bridgehead atoms. The molecule has 0 saturated heterocycles. The van der Waals surface area contributed by atoms with E-state index in [0.717, 1.165) is 21.3 Å². The summed E-state index contributed by atoms with van der Waals surface area (Å²) in [5.74, 6) is 0. The number of hydrogen-bond acceptors (Lipinski definition) is 1. The molecule has 1 aromatic rings. The fourth-order valence-electron chi connectivity index (χ4n) is 2.54. The highest BCUT2D eigenvalue weighted by atomic mass is 35.5. The van der Waals surface area contributed by atoms with Gasteiger partial charge in [-0.1, -0.05) is 37.0 Å². The molecule has 0 aliphatic heterocycles. The third kappa shape index (κ3) is 3.08. The third-order valence-corrected chi connectivity index (χ3v) is 4.30. The molecule has 1 aromatic carbocycles. The van der Waals surface area contributed by atoms with Gasteiger partial charge in [-0.2, -0.15) is 0 Å². The summed E-state index contributed by atoms with van der Waals surface area (Å²) in [6.07, 6.45) is 3.66. The molecule has 1 N–H and O–H groups in total. The molecular weight excluding hydrogens is 253 g/mol. The Balaban J connectivity index is 2.12. The van der Waals surface area contributed by atoms with Crippen LogP contribution in [0.1, 0.15) is 38.7 Å². The zero-order chi connectivity index (χ0) is 12.6. The fourth-order valence-corrected chi connectivity index (χ4v) is 2.97. The van der Waals surface area contributed by atoms with E-state index < -0.39 is 0 Å². The van der Waals surface area contributed by atoms with Crippen LogP contribution in [0.25, 0.3) is 0 Å². The van der Waals surface area contributed by atoms with E-state index in [1.54, 1.807) is 0 Å². The summed E-state index contributed by atoms with van der Waals surface area (Å²) in [5, 5.41) is 5.05. The minimum atomic E-state index is 0.443. The first-order chi connectivity index (χ1) is 7.87. The SMILES string of the molecule is Cc1cc(Cl)c(NC2CCC(C)(C)C2)cc1Cl. The molecule has 1 fully saturated rings. The molecule has 0 amide bonds. The third-order valence-electron chi connectivity index (χ3n) is 3.58. The Kier molecular flexibility index (Phi) is 3.61. The lowest BCUT2D eigenvalue weighted by atomic mass is 9.92. The lowest BCUT2D eigenvalue weighted by Gasteiger charge is -2.19. The maximum atomic E-state index is 6.23. The molecule has 0 aromatic heterocycles. The van der Waals surface area contributed by atoms with Gasteiger partial charge in [-0.15, -0.1) is 0 Å². The molecule has 0 spiro atoms. The van der Waals surface area contributed by atoms with E-state index in [1.807, 2.05) is 19.1 Å². The van der Waals surface area contributed by atoms with Gasteiger partial charge in [0, 0.05) is 11.1 Å². The summed E-state index contributed by atoms with van der Waals surface area (Å²) < 4.78 is 0. The van der Waals surface area contributed by atoms with Crippen molar-refractivity contribution in [1.29, 1.82) is 0 Å². The highest BCUT2D eigenvalue weighted by molar-refractivity contribution is 6.35. The topological polar surface area (TPSA) is 12.0 Å². The Bertz CT molecular complexity index is 426. The summed E-state index contributed by atoms with van der Waals surface area (Å²) in [5.41, 5.74) is 2.43. The minimum Gasteiger partial charge on any atom is -0.381 e. The zero-order valence-electron chi connectivity index (χ0n) is 10.6. The first-order valence-corrected chi connectivity index (χ1v) is 6.85. The van der Waals surface area contributed by atoms with Crippen LogP contribution in [0.5, 0.6) is 0 Å². The molecule has 17 heavy (non-hydrogen) atoms. The highest BCUT2D eigenvalue weighted by Gasteiger charge is 2.30. The van der Waals surface area contributed by atoms with Gasteiger partial charge in [0.1, 0.15) is 0 Å². The maximum Gasteiger partial charge on any atom is 0.0641 e. The van der Waals surface area contributed by atoms with E-state index in [9.17, 15) is 0 Å². The molecule has 1 saturated carbocycles. The van der Waals surface area contributed by atoms with E-state index in [1.165, 1.54) is 19.3 Å². The molecule has 1 aliphatic rings. The van der Waals surface area contributed by atoms with Gasteiger partial charge in [-0.25, -0.2) is 0 Å². The van der Waals surface area contributed by atoms with E-state index >= 15 is 0 Å². The molecule has 1 unspecified atom stereocenters. The lowest BCUT2D eigenvalue weighted by molar-refractivity contribution is 0.378. The summed E-state index contributed by atoms with van der Waals surface area (Å²) in [4.78, 5) is 0. The van der Waals surface area contributed by atoms with E-state index in [4.69, 9.17) is 23.2 Å². The van der Waals surface area contributed by atoms with Crippen LogP contribution in [-0.4, -0.2) is 6.04 Å². The zero-order valence-corrected chi connectivity index (χ0v) is 12.1. The maximum absolute atomic E-state index is 6.23.